The molecule has 5 heteroatoms. The average molecular weight is 178 g/mol. The molecule has 2 N–H and O–H groups in total. The van der Waals surface area contributed by atoms with Gasteiger partial charge in [0, 0.05) is 0 Å². The molecule has 0 saturated heterocycles. The van der Waals surface area contributed by atoms with Crippen molar-refractivity contribution in [3.63, 3.8) is 0 Å². The van der Waals surface area contributed by atoms with Crippen molar-refractivity contribution in [1.82, 2.24) is 4.98 Å². The standard InChI is InChI=1S/C8H6N2O3/c11-7-5-3-1-2-4-6(5)9-8(7)10(12)13/h1-4,9,11H. The number of nitrogens with one attached hydrogen (secondary N) is 1. The summed E-state index contributed by atoms with van der Waals surface area (Å²) in [6.07, 6.45) is 0. The highest BCUT2D eigenvalue weighted by Crippen LogP contribution is 2.33. The predicted molar refractivity (Wildman–Crippen MR) is 46.6 cm³/mol. The Labute approximate surface area is 72.8 Å². The van der Waals surface area contributed by atoms with Crippen LogP contribution in [0.4, 0.5) is 5.82 Å². The molecular weight excluding hydrogens is 172 g/mol. The maximum absolute atomic E-state index is 10.4. The fraction of sp³-hybridized carbons (Fsp3) is 0. The lowest BCUT2D eigenvalue weighted by atomic mass is 10.2. The van der Waals surface area contributed by atoms with Crippen molar-refractivity contribution in [3.8, 4) is 5.75 Å². The first-order valence-corrected chi connectivity index (χ1v) is 3.64. The molecule has 0 unspecified atom stereocenters. The van der Waals surface area contributed by atoms with E-state index in [2.05, 4.69) is 4.98 Å². The SMILES string of the molecule is O=[N+]([O-])c1[nH]c2ccccc2c1O. The highest BCUT2D eigenvalue weighted by molar-refractivity contribution is 5.89. The van der Waals surface area contributed by atoms with Crippen LogP contribution in [0, 0.1) is 10.1 Å². The predicted octanol–water partition coefficient (Wildman–Crippen LogP) is 1.78. The Bertz CT molecular complexity index is 475. The van der Waals surface area contributed by atoms with Crippen molar-refractivity contribution in [2.45, 2.75) is 0 Å². The first-order chi connectivity index (χ1) is 6.20. The number of rotatable bonds is 1. The van der Waals surface area contributed by atoms with Crippen LogP contribution in [0.1, 0.15) is 0 Å². The molecule has 0 fully saturated rings. The van der Waals surface area contributed by atoms with Crippen molar-refractivity contribution in [2.24, 2.45) is 0 Å². The second-order valence-electron chi connectivity index (χ2n) is 2.62. The van der Waals surface area contributed by atoms with E-state index in [9.17, 15) is 15.2 Å². The van der Waals surface area contributed by atoms with E-state index in [0.717, 1.165) is 0 Å². The van der Waals surface area contributed by atoms with Gasteiger partial charge in [0.25, 0.3) is 0 Å². The molecule has 1 aromatic carbocycles. The quantitative estimate of drug-likeness (QED) is 0.516. The summed E-state index contributed by atoms with van der Waals surface area (Å²) in [5.41, 5.74) is 0.562. The maximum atomic E-state index is 10.4. The third-order valence-corrected chi connectivity index (χ3v) is 1.84. The van der Waals surface area contributed by atoms with Crippen LogP contribution in [0.15, 0.2) is 24.3 Å². The molecule has 13 heavy (non-hydrogen) atoms. The smallest absolute Gasteiger partial charge is 0.364 e. The van der Waals surface area contributed by atoms with Crippen LogP contribution in [-0.2, 0) is 0 Å². The van der Waals surface area contributed by atoms with E-state index >= 15 is 0 Å². The van der Waals surface area contributed by atoms with Crippen LogP contribution in [-0.4, -0.2) is 15.0 Å². The van der Waals surface area contributed by atoms with Crippen LogP contribution in [0.3, 0.4) is 0 Å². The summed E-state index contributed by atoms with van der Waals surface area (Å²) in [4.78, 5) is 12.3. The van der Waals surface area contributed by atoms with Crippen LogP contribution in [0.5, 0.6) is 5.75 Å². The number of fused-ring (bicyclic) bond motifs is 1. The Morgan fingerprint density at radius 2 is 2.08 bits per heavy atom. The van der Waals surface area contributed by atoms with Gasteiger partial charge in [-0.3, -0.25) is 0 Å². The van der Waals surface area contributed by atoms with Crippen LogP contribution in [0.25, 0.3) is 10.9 Å². The summed E-state index contributed by atoms with van der Waals surface area (Å²) in [5.74, 6) is -0.665. The Kier molecular flexibility index (Phi) is 1.45. The highest BCUT2D eigenvalue weighted by atomic mass is 16.6. The number of nitrogens with zero attached hydrogens (tertiary/aromatic N) is 1. The minimum atomic E-state index is -0.644. The molecule has 1 aromatic heterocycles. The second-order valence-corrected chi connectivity index (χ2v) is 2.62. The van der Waals surface area contributed by atoms with Gasteiger partial charge >= 0.3 is 5.82 Å². The molecule has 0 bridgehead atoms. The summed E-state index contributed by atoms with van der Waals surface area (Å²) in [6, 6.07) is 6.73. The van der Waals surface area contributed by atoms with Gasteiger partial charge in [0.15, 0.2) is 0 Å². The number of H-pyrrole nitrogens is 1. The summed E-state index contributed by atoms with van der Waals surface area (Å²) in [6.45, 7) is 0. The molecule has 0 amide bonds. The molecule has 0 radical (unpaired) electrons. The van der Waals surface area contributed by atoms with Gasteiger partial charge in [0.1, 0.15) is 5.52 Å². The van der Waals surface area contributed by atoms with Crippen LogP contribution >= 0.6 is 0 Å². The Morgan fingerprint density at radius 3 is 2.69 bits per heavy atom. The normalized spacial score (nSPS) is 10.5. The lowest BCUT2D eigenvalue weighted by Gasteiger charge is -1.89. The molecule has 0 aliphatic carbocycles. The molecular formula is C8H6N2O3. The van der Waals surface area contributed by atoms with Gasteiger partial charge in [-0.05, 0) is 17.1 Å². The molecule has 0 saturated carbocycles. The lowest BCUT2D eigenvalue weighted by Crippen LogP contribution is -1.86. The van der Waals surface area contributed by atoms with Gasteiger partial charge in [0.2, 0.25) is 5.75 Å². The molecule has 2 aromatic rings. The zero-order chi connectivity index (χ0) is 9.42. The molecule has 0 spiro atoms. The van der Waals surface area contributed by atoms with Crippen molar-refractivity contribution in [1.29, 1.82) is 0 Å². The molecule has 1 heterocycles. The fourth-order valence-corrected chi connectivity index (χ4v) is 1.25. The van der Waals surface area contributed by atoms with E-state index in [0.29, 0.717) is 10.9 Å². The summed E-state index contributed by atoms with van der Waals surface area (Å²) < 4.78 is 0. The van der Waals surface area contributed by atoms with E-state index < -0.39 is 4.92 Å². The molecule has 0 aliphatic heterocycles. The monoisotopic (exact) mass is 178 g/mol. The maximum Gasteiger partial charge on any atom is 0.364 e. The first kappa shape index (κ1) is 7.60. The third kappa shape index (κ3) is 1.01. The van der Waals surface area contributed by atoms with Crippen LogP contribution < -0.4 is 0 Å². The topological polar surface area (TPSA) is 79.2 Å². The van der Waals surface area contributed by atoms with E-state index in [4.69, 9.17) is 0 Å². The zero-order valence-corrected chi connectivity index (χ0v) is 6.52. The Hall–Kier alpha value is -2.04. The first-order valence-electron chi connectivity index (χ1n) is 3.64. The van der Waals surface area contributed by atoms with Crippen molar-refractivity contribution < 1.29 is 10.0 Å². The Balaban J connectivity index is 2.81. The molecule has 0 atom stereocenters. The van der Waals surface area contributed by atoms with Gasteiger partial charge in [-0.15, -0.1) is 0 Å². The fourth-order valence-electron chi connectivity index (χ4n) is 1.25. The molecule has 66 valence electrons. The van der Waals surface area contributed by atoms with E-state index in [1.54, 1.807) is 24.3 Å². The van der Waals surface area contributed by atoms with Gasteiger partial charge < -0.3 is 15.2 Å². The number of aromatic hydroxyl groups is 1. The number of para-hydroxylation sites is 1. The van der Waals surface area contributed by atoms with E-state index in [1.807, 2.05) is 0 Å². The molecule has 2 rings (SSSR count). The number of hydrogen-bond donors (Lipinski definition) is 2. The summed E-state index contributed by atoms with van der Waals surface area (Å²) >= 11 is 0. The third-order valence-electron chi connectivity index (χ3n) is 1.84. The van der Waals surface area contributed by atoms with Gasteiger partial charge in [0.05, 0.1) is 5.39 Å². The summed E-state index contributed by atoms with van der Waals surface area (Å²) in [7, 11) is 0. The van der Waals surface area contributed by atoms with Crippen LogP contribution in [0.2, 0.25) is 0 Å². The van der Waals surface area contributed by atoms with E-state index in [1.165, 1.54) is 0 Å². The molecule has 0 aliphatic rings. The van der Waals surface area contributed by atoms with E-state index in [-0.39, 0.29) is 11.6 Å². The Morgan fingerprint density at radius 1 is 1.38 bits per heavy atom. The molecule has 5 nitrogen and oxygen atoms in total. The van der Waals surface area contributed by atoms with Gasteiger partial charge in [-0.2, -0.15) is 0 Å². The van der Waals surface area contributed by atoms with Gasteiger partial charge in [-0.25, -0.2) is 4.98 Å². The number of aromatic nitrogens is 1. The highest BCUT2D eigenvalue weighted by Gasteiger charge is 2.18. The zero-order valence-electron chi connectivity index (χ0n) is 6.52. The number of benzene rings is 1. The minimum absolute atomic E-state index is 0.305. The number of nitro groups is 1. The largest absolute Gasteiger partial charge is 0.501 e. The number of hydrogen-bond acceptors (Lipinski definition) is 3. The average Bonchev–Trinajstić information content (AvgIpc) is 2.45. The van der Waals surface area contributed by atoms with Crippen molar-refractivity contribution >= 4 is 16.7 Å². The minimum Gasteiger partial charge on any atom is -0.501 e. The lowest BCUT2D eigenvalue weighted by molar-refractivity contribution is -0.389. The number of aromatic amines is 1. The second kappa shape index (κ2) is 2.48. The van der Waals surface area contributed by atoms with Gasteiger partial charge in [-0.1, -0.05) is 12.1 Å². The van der Waals surface area contributed by atoms with Crippen molar-refractivity contribution in [2.75, 3.05) is 0 Å². The van der Waals surface area contributed by atoms with Crippen molar-refractivity contribution in [3.05, 3.63) is 34.4 Å². The summed E-state index contributed by atoms with van der Waals surface area (Å²) in [5, 5.41) is 20.3.